The second-order valence-corrected chi connectivity index (χ2v) is 7.52. The lowest BCUT2D eigenvalue weighted by Gasteiger charge is -2.30. The van der Waals surface area contributed by atoms with Gasteiger partial charge in [0.15, 0.2) is 5.15 Å². The van der Waals surface area contributed by atoms with Crippen LogP contribution < -0.4 is 0 Å². The molecule has 0 radical (unpaired) electrons. The molecule has 1 atom stereocenters. The van der Waals surface area contributed by atoms with E-state index in [0.717, 1.165) is 4.60 Å². The van der Waals surface area contributed by atoms with Crippen LogP contribution in [0.1, 0.15) is 84.1 Å². The van der Waals surface area contributed by atoms with Crippen LogP contribution >= 0.6 is 27.5 Å². The number of hydrogen-bond donors (Lipinski definition) is 0. The third kappa shape index (κ3) is 5.28. The standard InChI is InChI=1S/C17H30BrClN2/c1-5-7-9-11-13-17(3,12-10-8-6-2)14-15(18)21(4)20-16(14)19/h5-13H2,1-4H3. The molecule has 0 saturated carbocycles. The summed E-state index contributed by atoms with van der Waals surface area (Å²) in [5.74, 6) is 0. The minimum atomic E-state index is 0.132. The van der Waals surface area contributed by atoms with Crippen molar-refractivity contribution in [3.05, 3.63) is 15.3 Å². The molecule has 4 heteroatoms. The zero-order valence-corrected chi connectivity index (χ0v) is 16.4. The minimum absolute atomic E-state index is 0.132. The summed E-state index contributed by atoms with van der Waals surface area (Å²) in [5, 5.41) is 5.05. The first-order valence-electron chi connectivity index (χ1n) is 8.34. The minimum Gasteiger partial charge on any atom is -0.260 e. The summed E-state index contributed by atoms with van der Waals surface area (Å²) in [4.78, 5) is 0. The van der Waals surface area contributed by atoms with Crippen LogP contribution in [0.5, 0.6) is 0 Å². The fraction of sp³-hybridized carbons (Fsp3) is 0.824. The summed E-state index contributed by atoms with van der Waals surface area (Å²) < 4.78 is 2.89. The Hall–Kier alpha value is -0.0200. The van der Waals surface area contributed by atoms with Gasteiger partial charge in [0.1, 0.15) is 4.60 Å². The number of rotatable bonds is 10. The lowest BCUT2D eigenvalue weighted by atomic mass is 9.75. The summed E-state index contributed by atoms with van der Waals surface area (Å²) >= 11 is 10.1. The smallest absolute Gasteiger partial charge is 0.155 e. The molecule has 0 bridgehead atoms. The number of halogens is 2. The molecule has 1 rings (SSSR count). The van der Waals surface area contributed by atoms with Gasteiger partial charge in [0.2, 0.25) is 0 Å². The molecule has 0 aliphatic rings. The first kappa shape index (κ1) is 19.0. The molecule has 2 nitrogen and oxygen atoms in total. The third-order valence-corrected chi connectivity index (χ3v) is 5.63. The number of hydrogen-bond acceptors (Lipinski definition) is 1. The molecule has 1 aromatic rings. The highest BCUT2D eigenvalue weighted by Gasteiger charge is 2.32. The van der Waals surface area contributed by atoms with Gasteiger partial charge in [0, 0.05) is 12.6 Å². The lowest BCUT2D eigenvalue weighted by Crippen LogP contribution is -2.23. The van der Waals surface area contributed by atoms with E-state index < -0.39 is 0 Å². The number of nitrogens with zero attached hydrogens (tertiary/aromatic N) is 2. The molecule has 0 N–H and O–H groups in total. The molecule has 0 aliphatic carbocycles. The SMILES string of the molecule is CCCCCCC(C)(CCCCC)c1c(Cl)nn(C)c1Br. The maximum Gasteiger partial charge on any atom is 0.155 e. The Balaban J connectivity index is 2.88. The van der Waals surface area contributed by atoms with E-state index in [1.807, 2.05) is 11.7 Å². The highest BCUT2D eigenvalue weighted by Crippen LogP contribution is 2.42. The van der Waals surface area contributed by atoms with Gasteiger partial charge in [0.25, 0.3) is 0 Å². The number of unbranched alkanes of at least 4 members (excludes halogenated alkanes) is 5. The summed E-state index contributed by atoms with van der Waals surface area (Å²) in [5.41, 5.74) is 1.34. The summed E-state index contributed by atoms with van der Waals surface area (Å²) in [7, 11) is 1.95. The second kappa shape index (κ2) is 9.19. The predicted molar refractivity (Wildman–Crippen MR) is 96.2 cm³/mol. The highest BCUT2D eigenvalue weighted by atomic mass is 79.9. The van der Waals surface area contributed by atoms with E-state index in [2.05, 4.69) is 41.8 Å². The van der Waals surface area contributed by atoms with Gasteiger partial charge in [-0.05, 0) is 34.2 Å². The molecule has 1 unspecified atom stereocenters. The summed E-state index contributed by atoms with van der Waals surface area (Å²) in [6.07, 6.45) is 11.4. The molecule has 0 saturated heterocycles. The Morgan fingerprint density at radius 2 is 1.57 bits per heavy atom. The largest absolute Gasteiger partial charge is 0.260 e. The van der Waals surface area contributed by atoms with Crippen molar-refractivity contribution in [3.8, 4) is 0 Å². The van der Waals surface area contributed by atoms with Gasteiger partial charge in [-0.15, -0.1) is 0 Å². The molecular formula is C17H30BrClN2. The maximum atomic E-state index is 6.43. The van der Waals surface area contributed by atoms with E-state index in [0.29, 0.717) is 5.15 Å². The van der Waals surface area contributed by atoms with Crippen molar-refractivity contribution >= 4 is 27.5 Å². The van der Waals surface area contributed by atoms with Gasteiger partial charge in [-0.25, -0.2) is 0 Å². The first-order chi connectivity index (χ1) is 9.96. The van der Waals surface area contributed by atoms with E-state index in [1.54, 1.807) is 0 Å². The number of aromatic nitrogens is 2. The highest BCUT2D eigenvalue weighted by molar-refractivity contribution is 9.10. The van der Waals surface area contributed by atoms with E-state index in [4.69, 9.17) is 11.6 Å². The quantitative estimate of drug-likeness (QED) is 0.418. The topological polar surface area (TPSA) is 17.8 Å². The molecule has 1 heterocycles. The summed E-state index contributed by atoms with van der Waals surface area (Å²) in [6.45, 7) is 6.88. The molecule has 21 heavy (non-hydrogen) atoms. The van der Waals surface area contributed by atoms with Gasteiger partial charge < -0.3 is 0 Å². The molecular weight excluding hydrogens is 348 g/mol. The zero-order valence-electron chi connectivity index (χ0n) is 14.0. The lowest BCUT2D eigenvalue weighted by molar-refractivity contribution is 0.364. The van der Waals surface area contributed by atoms with Gasteiger partial charge in [-0.1, -0.05) is 77.3 Å². The normalized spacial score (nSPS) is 14.4. The first-order valence-corrected chi connectivity index (χ1v) is 9.51. The van der Waals surface area contributed by atoms with Crippen LogP contribution in [0.25, 0.3) is 0 Å². The van der Waals surface area contributed by atoms with Crippen LogP contribution in [-0.4, -0.2) is 9.78 Å². The molecule has 0 aromatic carbocycles. The molecule has 0 aliphatic heterocycles. The van der Waals surface area contributed by atoms with Crippen molar-refractivity contribution < 1.29 is 0 Å². The van der Waals surface area contributed by atoms with Crippen LogP contribution in [0.4, 0.5) is 0 Å². The van der Waals surface area contributed by atoms with Crippen molar-refractivity contribution in [1.82, 2.24) is 9.78 Å². The van der Waals surface area contributed by atoms with Crippen LogP contribution in [0, 0.1) is 0 Å². The maximum absolute atomic E-state index is 6.43. The van der Waals surface area contributed by atoms with E-state index in [1.165, 1.54) is 63.4 Å². The van der Waals surface area contributed by atoms with Crippen LogP contribution in [0.15, 0.2) is 4.60 Å². The van der Waals surface area contributed by atoms with Gasteiger partial charge >= 0.3 is 0 Å². The summed E-state index contributed by atoms with van der Waals surface area (Å²) in [6, 6.07) is 0. The third-order valence-electron chi connectivity index (χ3n) is 4.45. The van der Waals surface area contributed by atoms with Crippen molar-refractivity contribution in [2.75, 3.05) is 0 Å². The van der Waals surface area contributed by atoms with Gasteiger partial charge in [0.05, 0.1) is 0 Å². The predicted octanol–water partition coefficient (Wildman–Crippen LogP) is 6.64. The van der Waals surface area contributed by atoms with Crippen molar-refractivity contribution in [3.63, 3.8) is 0 Å². The van der Waals surface area contributed by atoms with E-state index in [-0.39, 0.29) is 5.41 Å². The fourth-order valence-corrected chi connectivity index (χ4v) is 4.34. The van der Waals surface area contributed by atoms with Gasteiger partial charge in [-0.3, -0.25) is 4.68 Å². The van der Waals surface area contributed by atoms with Gasteiger partial charge in [-0.2, -0.15) is 5.10 Å². The Kier molecular flexibility index (Phi) is 8.33. The van der Waals surface area contributed by atoms with E-state index in [9.17, 15) is 0 Å². The molecule has 1 aromatic heterocycles. The average molecular weight is 378 g/mol. The molecule has 0 amide bonds. The Morgan fingerprint density at radius 3 is 2.05 bits per heavy atom. The molecule has 0 fully saturated rings. The Labute approximate surface area is 143 Å². The monoisotopic (exact) mass is 376 g/mol. The van der Waals surface area contributed by atoms with Crippen LogP contribution in [-0.2, 0) is 12.5 Å². The van der Waals surface area contributed by atoms with Crippen molar-refractivity contribution in [2.24, 2.45) is 7.05 Å². The second-order valence-electron chi connectivity index (χ2n) is 6.41. The Morgan fingerprint density at radius 1 is 1.05 bits per heavy atom. The average Bonchev–Trinajstić information content (AvgIpc) is 2.69. The Bertz CT molecular complexity index is 431. The fourth-order valence-electron chi connectivity index (χ4n) is 3.05. The molecule has 0 spiro atoms. The number of aryl methyl sites for hydroxylation is 1. The molecule has 122 valence electrons. The van der Waals surface area contributed by atoms with Crippen molar-refractivity contribution in [1.29, 1.82) is 0 Å². The van der Waals surface area contributed by atoms with Crippen LogP contribution in [0.2, 0.25) is 5.15 Å². The van der Waals surface area contributed by atoms with Crippen LogP contribution in [0.3, 0.4) is 0 Å². The van der Waals surface area contributed by atoms with Crippen molar-refractivity contribution in [2.45, 2.75) is 84.0 Å². The van der Waals surface area contributed by atoms with E-state index >= 15 is 0 Å². The zero-order chi connectivity index (χ0) is 15.9.